The van der Waals surface area contributed by atoms with Crippen LogP contribution in [-0.2, 0) is 17.8 Å². The number of hydrogen-bond donors (Lipinski definition) is 1. The summed E-state index contributed by atoms with van der Waals surface area (Å²) in [7, 11) is 0. The Kier molecular flexibility index (Phi) is 6.37. The second kappa shape index (κ2) is 8.93. The fourth-order valence-corrected chi connectivity index (χ4v) is 3.16. The molecule has 0 aliphatic heterocycles. The van der Waals surface area contributed by atoms with Gasteiger partial charge in [0.1, 0.15) is 11.6 Å². The third kappa shape index (κ3) is 5.02. The average Bonchev–Trinajstić information content (AvgIpc) is 3.07. The van der Waals surface area contributed by atoms with Gasteiger partial charge in [-0.3, -0.25) is 4.79 Å². The van der Waals surface area contributed by atoms with E-state index >= 15 is 0 Å². The maximum atomic E-state index is 12.4. The van der Waals surface area contributed by atoms with E-state index in [1.165, 1.54) is 0 Å². The zero-order chi connectivity index (χ0) is 19.2. The van der Waals surface area contributed by atoms with E-state index in [-0.39, 0.29) is 12.3 Å². The Labute approximate surface area is 167 Å². The molecule has 1 amide bonds. The van der Waals surface area contributed by atoms with Crippen molar-refractivity contribution in [3.8, 4) is 5.75 Å². The lowest BCUT2D eigenvalue weighted by Gasteiger charge is -2.11. The van der Waals surface area contributed by atoms with Gasteiger partial charge in [0.25, 0.3) is 0 Å². The van der Waals surface area contributed by atoms with Gasteiger partial charge in [0.2, 0.25) is 5.91 Å². The van der Waals surface area contributed by atoms with E-state index in [0.29, 0.717) is 29.0 Å². The summed E-state index contributed by atoms with van der Waals surface area (Å²) in [6.45, 7) is 2.91. The van der Waals surface area contributed by atoms with Crippen LogP contribution in [0.1, 0.15) is 18.1 Å². The number of nitrogens with zero attached hydrogens (tertiary/aromatic N) is 2. The number of ether oxygens (including phenoxy) is 1. The molecule has 0 saturated heterocycles. The van der Waals surface area contributed by atoms with Crippen molar-refractivity contribution in [3.05, 3.63) is 75.9 Å². The molecular formula is C20H19Cl2N3O2. The Bertz CT molecular complexity index is 903. The minimum Gasteiger partial charge on any atom is -0.494 e. The molecule has 0 radical (unpaired) electrons. The molecule has 27 heavy (non-hydrogen) atoms. The number of anilines is 1. The Hall–Kier alpha value is -2.50. The molecule has 1 N–H and O–H groups in total. The van der Waals surface area contributed by atoms with Gasteiger partial charge in [-0.15, -0.1) is 0 Å². The Balaban J connectivity index is 1.66. The highest BCUT2D eigenvalue weighted by atomic mass is 35.5. The molecule has 0 saturated carbocycles. The minimum absolute atomic E-state index is 0.133. The zero-order valence-corrected chi connectivity index (χ0v) is 16.3. The summed E-state index contributed by atoms with van der Waals surface area (Å²) in [6.07, 6.45) is 1.88. The molecule has 0 unspecified atom stereocenters. The predicted molar refractivity (Wildman–Crippen MR) is 108 cm³/mol. The Morgan fingerprint density at radius 2 is 1.81 bits per heavy atom. The highest BCUT2D eigenvalue weighted by Gasteiger charge is 2.12. The molecule has 140 valence electrons. The molecular weight excluding hydrogens is 385 g/mol. The normalized spacial score (nSPS) is 10.6. The highest BCUT2D eigenvalue weighted by Crippen LogP contribution is 2.26. The van der Waals surface area contributed by atoms with Crippen molar-refractivity contribution in [3.63, 3.8) is 0 Å². The molecule has 2 aromatic carbocycles. The molecule has 0 spiro atoms. The topological polar surface area (TPSA) is 56.1 Å². The molecule has 0 aliphatic rings. The second-order valence-corrected chi connectivity index (χ2v) is 6.69. The fourth-order valence-electron chi connectivity index (χ4n) is 2.64. The van der Waals surface area contributed by atoms with Crippen LogP contribution in [0.15, 0.2) is 54.7 Å². The van der Waals surface area contributed by atoms with E-state index in [0.717, 1.165) is 16.9 Å². The van der Waals surface area contributed by atoms with Crippen molar-refractivity contribution in [1.82, 2.24) is 9.78 Å². The van der Waals surface area contributed by atoms with Gasteiger partial charge in [-0.05, 0) is 36.8 Å². The lowest BCUT2D eigenvalue weighted by atomic mass is 10.1. The maximum Gasteiger partial charge on any atom is 0.229 e. The molecule has 0 fully saturated rings. The summed E-state index contributed by atoms with van der Waals surface area (Å²) in [4.78, 5) is 12.4. The van der Waals surface area contributed by atoms with Crippen molar-refractivity contribution in [2.75, 3.05) is 11.9 Å². The average molecular weight is 404 g/mol. The number of carbonyl (C=O) groups excluding carboxylic acids is 1. The van der Waals surface area contributed by atoms with Crippen molar-refractivity contribution in [2.45, 2.75) is 19.9 Å². The third-order valence-electron chi connectivity index (χ3n) is 3.95. The van der Waals surface area contributed by atoms with Crippen molar-refractivity contribution < 1.29 is 9.53 Å². The number of rotatable bonds is 7. The minimum atomic E-state index is -0.133. The van der Waals surface area contributed by atoms with Gasteiger partial charge in [-0.1, -0.05) is 41.4 Å². The quantitative estimate of drug-likeness (QED) is 0.615. The first-order valence-electron chi connectivity index (χ1n) is 8.53. The van der Waals surface area contributed by atoms with E-state index in [9.17, 15) is 4.79 Å². The monoisotopic (exact) mass is 403 g/mol. The van der Waals surface area contributed by atoms with E-state index in [1.807, 2.05) is 31.2 Å². The summed E-state index contributed by atoms with van der Waals surface area (Å²) in [6, 6.07) is 14.5. The summed E-state index contributed by atoms with van der Waals surface area (Å²) in [5.41, 5.74) is 1.66. The SMILES string of the molecule is CCOc1ccc(CC(=O)Nc2ccnn2Cc2c(Cl)cccc2Cl)cc1. The van der Waals surface area contributed by atoms with Crippen LogP contribution in [0.25, 0.3) is 0 Å². The van der Waals surface area contributed by atoms with E-state index in [4.69, 9.17) is 27.9 Å². The van der Waals surface area contributed by atoms with E-state index in [2.05, 4.69) is 10.4 Å². The van der Waals surface area contributed by atoms with Crippen LogP contribution in [-0.4, -0.2) is 22.3 Å². The number of benzene rings is 2. The lowest BCUT2D eigenvalue weighted by molar-refractivity contribution is -0.115. The van der Waals surface area contributed by atoms with Gasteiger partial charge >= 0.3 is 0 Å². The number of hydrogen-bond acceptors (Lipinski definition) is 3. The van der Waals surface area contributed by atoms with Crippen LogP contribution < -0.4 is 10.1 Å². The molecule has 1 aromatic heterocycles. The van der Waals surface area contributed by atoms with Gasteiger partial charge < -0.3 is 10.1 Å². The van der Waals surface area contributed by atoms with Crippen LogP contribution in [0.2, 0.25) is 10.0 Å². The molecule has 7 heteroatoms. The predicted octanol–water partition coefficient (Wildman–Crippen LogP) is 4.82. The second-order valence-electron chi connectivity index (χ2n) is 5.88. The van der Waals surface area contributed by atoms with Crippen LogP contribution in [0.5, 0.6) is 5.75 Å². The first-order chi connectivity index (χ1) is 13.1. The standard InChI is InChI=1S/C20H19Cl2N3O2/c1-2-27-15-8-6-14(7-9-15)12-20(26)24-19-10-11-23-25(19)13-16-17(21)4-3-5-18(16)22/h3-11H,2,12-13H2,1H3,(H,24,26). The molecule has 5 nitrogen and oxygen atoms in total. The summed E-state index contributed by atoms with van der Waals surface area (Å²) in [5, 5.41) is 8.26. The van der Waals surface area contributed by atoms with Crippen molar-refractivity contribution in [1.29, 1.82) is 0 Å². The smallest absolute Gasteiger partial charge is 0.229 e. The van der Waals surface area contributed by atoms with Crippen molar-refractivity contribution >= 4 is 34.9 Å². The van der Waals surface area contributed by atoms with Crippen LogP contribution in [0.4, 0.5) is 5.82 Å². The molecule has 1 heterocycles. The van der Waals surface area contributed by atoms with Gasteiger partial charge in [0.15, 0.2) is 0 Å². The third-order valence-corrected chi connectivity index (χ3v) is 4.66. The largest absolute Gasteiger partial charge is 0.494 e. The Morgan fingerprint density at radius 3 is 2.48 bits per heavy atom. The molecule has 3 rings (SSSR count). The van der Waals surface area contributed by atoms with Gasteiger partial charge in [0, 0.05) is 21.7 Å². The summed E-state index contributed by atoms with van der Waals surface area (Å²) in [5.74, 6) is 1.24. The number of aromatic nitrogens is 2. The highest BCUT2D eigenvalue weighted by molar-refractivity contribution is 6.35. The van der Waals surface area contributed by atoms with Gasteiger partial charge in [0.05, 0.1) is 25.8 Å². The van der Waals surface area contributed by atoms with Gasteiger partial charge in [-0.25, -0.2) is 4.68 Å². The maximum absolute atomic E-state index is 12.4. The van der Waals surface area contributed by atoms with Crippen LogP contribution >= 0.6 is 23.2 Å². The van der Waals surface area contributed by atoms with E-state index < -0.39 is 0 Å². The number of nitrogens with one attached hydrogen (secondary N) is 1. The summed E-state index contributed by atoms with van der Waals surface area (Å²) >= 11 is 12.4. The number of carbonyl (C=O) groups is 1. The fraction of sp³-hybridized carbons (Fsp3) is 0.200. The first kappa shape index (κ1) is 19.3. The zero-order valence-electron chi connectivity index (χ0n) is 14.8. The first-order valence-corrected chi connectivity index (χ1v) is 9.28. The van der Waals surface area contributed by atoms with Crippen LogP contribution in [0.3, 0.4) is 0 Å². The molecule has 0 atom stereocenters. The Morgan fingerprint density at radius 1 is 1.11 bits per heavy atom. The number of halogens is 2. The molecule has 3 aromatic rings. The van der Waals surface area contributed by atoms with Crippen LogP contribution in [0, 0.1) is 0 Å². The summed E-state index contributed by atoms with van der Waals surface area (Å²) < 4.78 is 7.06. The molecule has 0 aliphatic carbocycles. The van der Waals surface area contributed by atoms with Crippen molar-refractivity contribution in [2.24, 2.45) is 0 Å². The molecule has 0 bridgehead atoms. The van der Waals surface area contributed by atoms with E-state index in [1.54, 1.807) is 35.1 Å². The van der Waals surface area contributed by atoms with Gasteiger partial charge in [-0.2, -0.15) is 5.10 Å². The number of amides is 1. The lowest BCUT2D eigenvalue weighted by Crippen LogP contribution is -2.18.